The van der Waals surface area contributed by atoms with Crippen LogP contribution < -0.4 is 21.7 Å². The van der Waals surface area contributed by atoms with E-state index in [0.29, 0.717) is 37.1 Å². The number of carbonyl (C=O) groups excluding carboxylic acids is 4. The number of aliphatic hydroxyl groups excluding tert-OH is 1. The number of ether oxygens (including phenoxy) is 2. The number of amides is 3. The maximum absolute atomic E-state index is 13.6. The number of azide groups is 1. The number of hydrogen-bond donors (Lipinski definition) is 5. The Balaban J connectivity index is 1.97. The topological polar surface area (TPSA) is 218 Å². The SMILES string of the molecule is [N-]=[N+]=NCCOCCNC(=O)COCC(=O)NC(Cc1ccccc1)C(=O)CC(CCCCN)C(=O)Nc1ccc(CO)cc1. The van der Waals surface area contributed by atoms with Crippen LogP contribution in [0.15, 0.2) is 59.7 Å². The van der Waals surface area contributed by atoms with Gasteiger partial charge in [0.25, 0.3) is 0 Å². The minimum Gasteiger partial charge on any atom is -0.392 e. The van der Waals surface area contributed by atoms with Gasteiger partial charge in [0.15, 0.2) is 5.78 Å². The maximum Gasteiger partial charge on any atom is 0.246 e. The summed E-state index contributed by atoms with van der Waals surface area (Å²) in [4.78, 5) is 54.2. The number of nitrogens with zero attached hydrogens (tertiary/aromatic N) is 3. The number of anilines is 1. The summed E-state index contributed by atoms with van der Waals surface area (Å²) in [5, 5.41) is 20.8. The van der Waals surface area contributed by atoms with Crippen LogP contribution in [0.25, 0.3) is 10.4 Å². The van der Waals surface area contributed by atoms with Crippen molar-refractivity contribution in [2.45, 2.75) is 44.8 Å². The van der Waals surface area contributed by atoms with E-state index in [-0.39, 0.29) is 64.0 Å². The second-order valence-corrected chi connectivity index (χ2v) is 10.2. The van der Waals surface area contributed by atoms with Gasteiger partial charge in [0, 0.05) is 36.0 Å². The monoisotopic (exact) mass is 625 g/mol. The molecule has 0 bridgehead atoms. The van der Waals surface area contributed by atoms with Crippen LogP contribution in [0.1, 0.15) is 36.8 Å². The van der Waals surface area contributed by atoms with Gasteiger partial charge >= 0.3 is 0 Å². The lowest BCUT2D eigenvalue weighted by molar-refractivity contribution is -0.134. The van der Waals surface area contributed by atoms with Gasteiger partial charge in [-0.25, -0.2) is 0 Å². The molecule has 0 spiro atoms. The molecule has 0 saturated carbocycles. The van der Waals surface area contributed by atoms with E-state index in [9.17, 15) is 24.3 Å². The minimum absolute atomic E-state index is 0.100. The van der Waals surface area contributed by atoms with E-state index < -0.39 is 30.4 Å². The predicted molar refractivity (Wildman–Crippen MR) is 168 cm³/mol. The van der Waals surface area contributed by atoms with Gasteiger partial charge in [-0.15, -0.1) is 0 Å². The molecule has 0 aliphatic rings. The third-order valence-corrected chi connectivity index (χ3v) is 6.67. The van der Waals surface area contributed by atoms with Crippen LogP contribution in [0.4, 0.5) is 5.69 Å². The standard InChI is InChI=1S/C31H43N7O7/c32-13-5-4-8-25(31(43)36-26-11-9-24(20-39)10-12-26)19-28(40)27(18-23-6-2-1-3-7-23)37-30(42)22-45-21-29(41)34-14-16-44-17-15-35-38-33/h1-3,6-7,9-12,25,27,39H,4-5,8,13-22,32H2,(H,34,41)(H,36,43)(H,37,42). The Labute approximate surface area is 262 Å². The molecule has 14 nitrogen and oxygen atoms in total. The quantitative estimate of drug-likeness (QED) is 0.0531. The van der Waals surface area contributed by atoms with E-state index in [2.05, 4.69) is 26.0 Å². The first-order chi connectivity index (χ1) is 21.9. The molecule has 0 aromatic heterocycles. The van der Waals surface area contributed by atoms with Gasteiger partial charge in [0.2, 0.25) is 17.7 Å². The Bertz CT molecular complexity index is 1240. The molecule has 6 N–H and O–H groups in total. The van der Waals surface area contributed by atoms with Crippen LogP contribution >= 0.6 is 0 Å². The fourth-order valence-electron chi connectivity index (χ4n) is 4.32. The highest BCUT2D eigenvalue weighted by Gasteiger charge is 2.28. The van der Waals surface area contributed by atoms with Crippen LogP contribution in [0.3, 0.4) is 0 Å². The fourth-order valence-corrected chi connectivity index (χ4v) is 4.32. The second kappa shape index (κ2) is 22.2. The fraction of sp³-hybridized carbons (Fsp3) is 0.484. The molecule has 2 atom stereocenters. The third-order valence-electron chi connectivity index (χ3n) is 6.67. The van der Waals surface area contributed by atoms with Gasteiger partial charge in [-0.2, -0.15) is 0 Å². The van der Waals surface area contributed by atoms with Crippen molar-refractivity contribution in [1.82, 2.24) is 10.6 Å². The Kier molecular flexibility index (Phi) is 18.2. The molecule has 45 heavy (non-hydrogen) atoms. The van der Waals surface area contributed by atoms with E-state index in [4.69, 9.17) is 20.7 Å². The van der Waals surface area contributed by atoms with Crippen LogP contribution in [0, 0.1) is 5.92 Å². The van der Waals surface area contributed by atoms with Gasteiger partial charge in [-0.1, -0.05) is 54.0 Å². The van der Waals surface area contributed by atoms with Crippen LogP contribution in [-0.2, 0) is 41.7 Å². The van der Waals surface area contributed by atoms with E-state index in [1.165, 1.54) is 0 Å². The zero-order valence-electron chi connectivity index (χ0n) is 25.4. The number of nitrogens with two attached hydrogens (primary N) is 1. The highest BCUT2D eigenvalue weighted by atomic mass is 16.5. The van der Waals surface area contributed by atoms with E-state index >= 15 is 0 Å². The molecule has 2 rings (SSSR count). The number of nitrogens with one attached hydrogen (secondary N) is 3. The summed E-state index contributed by atoms with van der Waals surface area (Å²) in [7, 11) is 0. The summed E-state index contributed by atoms with van der Waals surface area (Å²) < 4.78 is 10.4. The summed E-state index contributed by atoms with van der Waals surface area (Å²) in [6.07, 6.45) is 1.90. The Morgan fingerprint density at radius 3 is 2.36 bits per heavy atom. The minimum atomic E-state index is -0.923. The van der Waals surface area contributed by atoms with Crippen LogP contribution in [-0.4, -0.2) is 80.7 Å². The summed E-state index contributed by atoms with van der Waals surface area (Å²) >= 11 is 0. The van der Waals surface area contributed by atoms with Crippen molar-refractivity contribution in [2.24, 2.45) is 16.8 Å². The zero-order valence-corrected chi connectivity index (χ0v) is 25.4. The molecule has 0 aliphatic heterocycles. The molecular weight excluding hydrogens is 582 g/mol. The lowest BCUT2D eigenvalue weighted by atomic mass is 9.90. The Morgan fingerprint density at radius 1 is 0.933 bits per heavy atom. The molecule has 244 valence electrons. The van der Waals surface area contributed by atoms with Crippen molar-refractivity contribution in [3.8, 4) is 0 Å². The number of rotatable bonds is 23. The van der Waals surface area contributed by atoms with Crippen molar-refractivity contribution >= 4 is 29.2 Å². The van der Waals surface area contributed by atoms with Gasteiger partial charge in [0.05, 0.1) is 25.9 Å². The van der Waals surface area contributed by atoms with Crippen molar-refractivity contribution in [3.05, 3.63) is 76.2 Å². The Hall–Kier alpha value is -4.33. The van der Waals surface area contributed by atoms with Crippen molar-refractivity contribution in [2.75, 3.05) is 51.4 Å². The number of hydrogen-bond acceptors (Lipinski definition) is 9. The van der Waals surface area contributed by atoms with Crippen LogP contribution in [0.5, 0.6) is 0 Å². The molecule has 0 fully saturated rings. The number of ketones is 1. The maximum atomic E-state index is 13.6. The average molecular weight is 626 g/mol. The first kappa shape index (κ1) is 36.9. The second-order valence-electron chi connectivity index (χ2n) is 10.2. The number of benzene rings is 2. The molecule has 0 radical (unpaired) electrons. The summed E-state index contributed by atoms with van der Waals surface area (Å²) in [5.74, 6) is -2.31. The van der Waals surface area contributed by atoms with Crippen molar-refractivity contribution in [3.63, 3.8) is 0 Å². The lowest BCUT2D eigenvalue weighted by Gasteiger charge is -2.22. The third kappa shape index (κ3) is 15.8. The molecule has 14 heteroatoms. The van der Waals surface area contributed by atoms with E-state index in [1.807, 2.05) is 30.3 Å². The molecule has 0 saturated heterocycles. The highest BCUT2D eigenvalue weighted by Crippen LogP contribution is 2.19. The van der Waals surface area contributed by atoms with Crippen molar-refractivity contribution in [1.29, 1.82) is 0 Å². The molecule has 0 aliphatic carbocycles. The van der Waals surface area contributed by atoms with Crippen molar-refractivity contribution < 1.29 is 33.8 Å². The number of Topliss-reactive ketones (excluding diaryl/α,β-unsaturated/α-hetero) is 1. The number of unbranched alkanes of at least 4 members (excludes halogenated alkanes) is 1. The summed E-state index contributed by atoms with van der Waals surface area (Å²) in [5.41, 5.74) is 15.9. The molecular formula is C31H43N7O7. The molecule has 2 aromatic carbocycles. The van der Waals surface area contributed by atoms with E-state index in [0.717, 1.165) is 5.56 Å². The molecule has 3 amide bonds. The predicted octanol–water partition coefficient (Wildman–Crippen LogP) is 2.01. The largest absolute Gasteiger partial charge is 0.392 e. The number of carbonyl (C=O) groups is 4. The zero-order chi connectivity index (χ0) is 32.7. The molecule has 0 heterocycles. The molecule has 2 aromatic rings. The Morgan fingerprint density at radius 2 is 1.67 bits per heavy atom. The lowest BCUT2D eigenvalue weighted by Crippen LogP contribution is -2.45. The first-order valence-corrected chi connectivity index (χ1v) is 14.9. The van der Waals surface area contributed by atoms with Crippen LogP contribution in [0.2, 0.25) is 0 Å². The van der Waals surface area contributed by atoms with E-state index in [1.54, 1.807) is 24.3 Å². The van der Waals surface area contributed by atoms with Gasteiger partial charge in [0.1, 0.15) is 13.2 Å². The van der Waals surface area contributed by atoms with Gasteiger partial charge in [-0.3, -0.25) is 19.2 Å². The van der Waals surface area contributed by atoms with Gasteiger partial charge < -0.3 is 36.3 Å². The average Bonchev–Trinajstić information content (AvgIpc) is 3.04. The smallest absolute Gasteiger partial charge is 0.246 e. The summed E-state index contributed by atoms with van der Waals surface area (Å²) in [6.45, 7) is 0.392. The number of aliphatic hydroxyl groups is 1. The highest BCUT2D eigenvalue weighted by molar-refractivity contribution is 5.97. The molecule has 2 unspecified atom stereocenters. The summed E-state index contributed by atoms with van der Waals surface area (Å²) in [6, 6.07) is 15.0. The normalized spacial score (nSPS) is 12.0. The van der Waals surface area contributed by atoms with Gasteiger partial charge in [-0.05, 0) is 54.6 Å². The first-order valence-electron chi connectivity index (χ1n) is 14.9.